The highest BCUT2D eigenvalue weighted by atomic mass is 35.5. The van der Waals surface area contributed by atoms with Gasteiger partial charge in [0, 0.05) is 11.8 Å². The van der Waals surface area contributed by atoms with Gasteiger partial charge in [0.1, 0.15) is 11.6 Å². The SMILES string of the molecule is CS(=O)(=O)c1n[nH]c(-c2c(Cl)cc(C(F)(F)F)c(N)c2Cl)c1C#N. The molecule has 2 aromatic rings. The van der Waals surface area contributed by atoms with Crippen LogP contribution < -0.4 is 5.73 Å². The largest absolute Gasteiger partial charge is 0.418 e. The molecule has 24 heavy (non-hydrogen) atoms. The molecule has 0 fully saturated rings. The van der Waals surface area contributed by atoms with Crippen LogP contribution in [-0.2, 0) is 16.0 Å². The van der Waals surface area contributed by atoms with Crippen LogP contribution in [0.25, 0.3) is 11.3 Å². The Morgan fingerprint density at radius 3 is 2.42 bits per heavy atom. The number of sulfone groups is 1. The molecule has 0 aliphatic carbocycles. The van der Waals surface area contributed by atoms with E-state index in [1.807, 2.05) is 0 Å². The molecule has 0 spiro atoms. The number of nitrogens with two attached hydrogens (primary N) is 1. The van der Waals surface area contributed by atoms with Gasteiger partial charge in [-0.3, -0.25) is 5.10 Å². The number of hydrogen-bond acceptors (Lipinski definition) is 5. The van der Waals surface area contributed by atoms with Gasteiger partial charge in [-0.05, 0) is 6.07 Å². The van der Waals surface area contributed by atoms with E-state index >= 15 is 0 Å². The molecule has 3 N–H and O–H groups in total. The van der Waals surface area contributed by atoms with Crippen molar-refractivity contribution in [2.45, 2.75) is 11.2 Å². The molecule has 0 aliphatic heterocycles. The lowest BCUT2D eigenvalue weighted by Crippen LogP contribution is -2.10. The van der Waals surface area contributed by atoms with Gasteiger partial charge in [0.05, 0.1) is 27.0 Å². The van der Waals surface area contributed by atoms with E-state index in [0.29, 0.717) is 6.07 Å². The number of anilines is 1. The Morgan fingerprint density at radius 2 is 1.96 bits per heavy atom. The van der Waals surface area contributed by atoms with Crippen molar-refractivity contribution in [3.05, 3.63) is 27.2 Å². The van der Waals surface area contributed by atoms with Gasteiger partial charge < -0.3 is 5.73 Å². The molecule has 0 radical (unpaired) electrons. The van der Waals surface area contributed by atoms with Crippen LogP contribution in [0.1, 0.15) is 11.1 Å². The molecule has 6 nitrogen and oxygen atoms in total. The fourth-order valence-corrected chi connectivity index (χ4v) is 3.35. The predicted molar refractivity (Wildman–Crippen MR) is 81.3 cm³/mol. The normalized spacial score (nSPS) is 12.2. The second kappa shape index (κ2) is 5.84. The number of H-pyrrole nitrogens is 1. The van der Waals surface area contributed by atoms with Crippen LogP contribution in [0.3, 0.4) is 0 Å². The topological polar surface area (TPSA) is 113 Å². The van der Waals surface area contributed by atoms with Crippen molar-refractivity contribution in [2.24, 2.45) is 0 Å². The van der Waals surface area contributed by atoms with Gasteiger partial charge in [0.15, 0.2) is 14.9 Å². The lowest BCUT2D eigenvalue weighted by molar-refractivity contribution is -0.136. The number of halogens is 5. The molecular formula is C12H7Cl2F3N4O2S. The molecule has 128 valence electrons. The van der Waals surface area contributed by atoms with E-state index in [1.165, 1.54) is 0 Å². The zero-order valence-electron chi connectivity index (χ0n) is 11.7. The number of nitrogen functional groups attached to an aromatic ring is 1. The monoisotopic (exact) mass is 398 g/mol. The molecule has 2 rings (SSSR count). The zero-order chi connectivity index (χ0) is 18.4. The maximum atomic E-state index is 12.9. The predicted octanol–water partition coefficient (Wildman–Crippen LogP) is 3.26. The third kappa shape index (κ3) is 3.02. The number of benzene rings is 1. The Labute approximate surface area is 143 Å². The van der Waals surface area contributed by atoms with Gasteiger partial charge in [-0.1, -0.05) is 23.2 Å². The van der Waals surface area contributed by atoms with Crippen LogP contribution >= 0.6 is 23.2 Å². The summed E-state index contributed by atoms with van der Waals surface area (Å²) in [4.78, 5) is 0. The first-order chi connectivity index (χ1) is 10.9. The molecule has 1 aromatic heterocycles. The van der Waals surface area contributed by atoms with Crippen LogP contribution in [0.5, 0.6) is 0 Å². The van der Waals surface area contributed by atoms with Gasteiger partial charge in [0.25, 0.3) is 0 Å². The molecule has 0 atom stereocenters. The third-order valence-corrected chi connectivity index (χ3v) is 4.70. The summed E-state index contributed by atoms with van der Waals surface area (Å²) in [7, 11) is -3.86. The third-order valence-electron chi connectivity index (χ3n) is 3.01. The maximum absolute atomic E-state index is 12.9. The summed E-state index contributed by atoms with van der Waals surface area (Å²) in [6.07, 6.45) is -3.97. The number of alkyl halides is 3. The van der Waals surface area contributed by atoms with Gasteiger partial charge in [-0.15, -0.1) is 0 Å². The standard InChI is InChI=1S/C12H7Cl2F3N4O2S/c1-24(22,23)11-4(3-18)10(20-21-11)7-6(13)2-5(12(15,16)17)9(19)8(7)14/h2H,19H2,1H3,(H,20,21). The number of aromatic nitrogens is 2. The van der Waals surface area contributed by atoms with E-state index in [9.17, 15) is 26.9 Å². The molecular weight excluding hydrogens is 392 g/mol. The number of nitrogens with zero attached hydrogens (tertiary/aromatic N) is 2. The Balaban J connectivity index is 2.84. The van der Waals surface area contributed by atoms with Gasteiger partial charge in [-0.2, -0.15) is 23.5 Å². The molecule has 0 amide bonds. The molecule has 1 aromatic carbocycles. The second-order valence-corrected chi connectivity index (χ2v) is 7.39. The van der Waals surface area contributed by atoms with E-state index in [-0.39, 0.29) is 11.3 Å². The van der Waals surface area contributed by atoms with E-state index in [1.54, 1.807) is 6.07 Å². The minimum atomic E-state index is -4.79. The highest BCUT2D eigenvalue weighted by Gasteiger charge is 2.36. The Bertz CT molecular complexity index is 978. The minimum absolute atomic E-state index is 0.242. The van der Waals surface area contributed by atoms with Crippen molar-refractivity contribution in [1.29, 1.82) is 5.26 Å². The Hall–Kier alpha value is -1.96. The smallest absolute Gasteiger partial charge is 0.397 e. The summed E-state index contributed by atoms with van der Waals surface area (Å²) in [5, 5.41) is 13.3. The van der Waals surface area contributed by atoms with Crippen LogP contribution in [0.2, 0.25) is 10.0 Å². The summed E-state index contributed by atoms with van der Waals surface area (Å²) < 4.78 is 61.9. The highest BCUT2D eigenvalue weighted by Crippen LogP contribution is 2.46. The molecule has 0 saturated heterocycles. The van der Waals surface area contributed by atoms with E-state index in [4.69, 9.17) is 28.9 Å². The average molecular weight is 399 g/mol. The summed E-state index contributed by atoms with van der Waals surface area (Å²) in [6.45, 7) is 0. The van der Waals surface area contributed by atoms with Crippen LogP contribution in [0.15, 0.2) is 11.1 Å². The molecule has 12 heteroatoms. The van der Waals surface area contributed by atoms with Crippen molar-refractivity contribution >= 4 is 38.7 Å². The van der Waals surface area contributed by atoms with Crippen molar-refractivity contribution in [3.8, 4) is 17.3 Å². The maximum Gasteiger partial charge on any atom is 0.418 e. The van der Waals surface area contributed by atoms with Gasteiger partial charge >= 0.3 is 6.18 Å². The molecule has 0 bridgehead atoms. The first-order valence-electron chi connectivity index (χ1n) is 5.93. The first kappa shape index (κ1) is 18.4. The number of aromatic amines is 1. The molecule has 1 heterocycles. The van der Waals surface area contributed by atoms with Crippen LogP contribution in [0, 0.1) is 11.3 Å². The van der Waals surface area contributed by atoms with Crippen molar-refractivity contribution in [2.75, 3.05) is 12.0 Å². The van der Waals surface area contributed by atoms with Gasteiger partial charge in [0.2, 0.25) is 0 Å². The van der Waals surface area contributed by atoms with Crippen LogP contribution in [-0.4, -0.2) is 24.9 Å². The van der Waals surface area contributed by atoms with E-state index < -0.39 is 47.9 Å². The Kier molecular flexibility index (Phi) is 4.47. The summed E-state index contributed by atoms with van der Waals surface area (Å²) in [5.74, 6) is 0. The average Bonchev–Trinajstić information content (AvgIpc) is 2.85. The van der Waals surface area contributed by atoms with Crippen molar-refractivity contribution < 1.29 is 21.6 Å². The summed E-state index contributed by atoms with van der Waals surface area (Å²) in [5.41, 5.74) is 2.44. The van der Waals surface area contributed by atoms with Crippen molar-refractivity contribution in [3.63, 3.8) is 0 Å². The van der Waals surface area contributed by atoms with Crippen LogP contribution in [0.4, 0.5) is 18.9 Å². The first-order valence-corrected chi connectivity index (χ1v) is 8.57. The molecule has 0 saturated carbocycles. The van der Waals surface area contributed by atoms with E-state index in [0.717, 1.165) is 6.26 Å². The molecule has 0 aliphatic rings. The lowest BCUT2D eigenvalue weighted by Gasteiger charge is -2.15. The summed E-state index contributed by atoms with van der Waals surface area (Å²) in [6, 6.07) is 2.16. The fraction of sp³-hybridized carbons (Fsp3) is 0.167. The number of rotatable bonds is 2. The second-order valence-electron chi connectivity index (χ2n) is 4.67. The molecule has 0 unspecified atom stereocenters. The van der Waals surface area contributed by atoms with Crippen molar-refractivity contribution in [1.82, 2.24) is 10.2 Å². The van der Waals surface area contributed by atoms with E-state index in [2.05, 4.69) is 10.2 Å². The summed E-state index contributed by atoms with van der Waals surface area (Å²) >= 11 is 11.7. The number of nitriles is 1. The minimum Gasteiger partial charge on any atom is -0.397 e. The Morgan fingerprint density at radius 1 is 1.38 bits per heavy atom. The highest BCUT2D eigenvalue weighted by molar-refractivity contribution is 7.90. The number of nitrogens with one attached hydrogen (secondary N) is 1. The number of hydrogen-bond donors (Lipinski definition) is 2. The lowest BCUT2D eigenvalue weighted by atomic mass is 10.0. The fourth-order valence-electron chi connectivity index (χ4n) is 1.98. The van der Waals surface area contributed by atoms with Gasteiger partial charge in [-0.25, -0.2) is 8.42 Å². The zero-order valence-corrected chi connectivity index (χ0v) is 14.0. The quantitative estimate of drug-likeness (QED) is 0.753.